The van der Waals surface area contributed by atoms with Crippen LogP contribution >= 0.6 is 0 Å². The Hall–Kier alpha value is -5.10. The van der Waals surface area contributed by atoms with Gasteiger partial charge in [0.15, 0.2) is 23.0 Å². The van der Waals surface area contributed by atoms with E-state index in [0.717, 1.165) is 0 Å². The molecule has 4 aromatic rings. The minimum Gasteiger partial charge on any atom is -0.507 e. The highest BCUT2D eigenvalue weighted by Gasteiger charge is 2.22. The molecule has 3 aromatic carbocycles. The van der Waals surface area contributed by atoms with Crippen LogP contribution in [0.25, 0.3) is 22.3 Å². The molecule has 0 aliphatic rings. The van der Waals surface area contributed by atoms with Crippen molar-refractivity contribution in [1.29, 1.82) is 0 Å². The molecule has 0 spiro atoms. The number of carbonyl (C=O) groups is 1. The van der Waals surface area contributed by atoms with E-state index in [1.54, 1.807) is 19.9 Å². The highest BCUT2D eigenvalue weighted by Crippen LogP contribution is 2.39. The summed E-state index contributed by atoms with van der Waals surface area (Å²) >= 11 is 0. The molecule has 12 nitrogen and oxygen atoms in total. The number of carbonyl (C=O) groups excluding carboxylic acids is 1. The second-order valence-corrected chi connectivity index (χ2v) is 8.53. The summed E-state index contributed by atoms with van der Waals surface area (Å²) in [5.41, 5.74) is -0.0219. The number of rotatable bonds is 10. The Morgan fingerprint density at radius 1 is 0.786 bits per heavy atom. The molecule has 0 unspecified atom stereocenters. The minimum absolute atomic E-state index is 0.00347. The summed E-state index contributed by atoms with van der Waals surface area (Å²) in [5, 5.41) is 39.1. The van der Waals surface area contributed by atoms with E-state index in [9.17, 15) is 30.0 Å². The SMILES string of the molecule is CCOCC(=O)c1c(O)cc(OC)cc1O.CCOc1c(-c2ccc(O)c(OC)c2)oc2cc(OC)cc(O)c2c1=O. The normalized spacial score (nSPS) is 10.5. The highest BCUT2D eigenvalue weighted by atomic mass is 16.5. The van der Waals surface area contributed by atoms with E-state index in [0.29, 0.717) is 17.9 Å². The molecule has 1 heterocycles. The van der Waals surface area contributed by atoms with E-state index in [-0.39, 0.29) is 75.8 Å². The molecule has 1 aromatic heterocycles. The van der Waals surface area contributed by atoms with Gasteiger partial charge in [-0.05, 0) is 32.0 Å². The number of fused-ring (bicyclic) bond motifs is 1. The summed E-state index contributed by atoms with van der Waals surface area (Å²) in [4.78, 5) is 24.4. The van der Waals surface area contributed by atoms with Crippen molar-refractivity contribution in [2.45, 2.75) is 13.8 Å². The van der Waals surface area contributed by atoms with Crippen molar-refractivity contribution >= 4 is 16.8 Å². The molecule has 0 fully saturated rings. The van der Waals surface area contributed by atoms with Gasteiger partial charge < -0.3 is 48.5 Å². The summed E-state index contributed by atoms with van der Waals surface area (Å²) in [5.74, 6) is -0.438. The molecule has 0 saturated heterocycles. The molecule has 4 rings (SSSR count). The first-order valence-electron chi connectivity index (χ1n) is 12.7. The lowest BCUT2D eigenvalue weighted by Gasteiger charge is -2.13. The summed E-state index contributed by atoms with van der Waals surface area (Å²) in [6.07, 6.45) is 0. The number of aromatic hydroxyl groups is 4. The first kappa shape index (κ1) is 31.4. The van der Waals surface area contributed by atoms with Crippen LogP contribution < -0.4 is 24.4 Å². The Balaban J connectivity index is 0.000000260. The molecule has 12 heteroatoms. The van der Waals surface area contributed by atoms with Crippen LogP contribution in [0.2, 0.25) is 0 Å². The van der Waals surface area contributed by atoms with Crippen LogP contribution in [-0.4, -0.2) is 67.4 Å². The molecule has 4 N–H and O–H groups in total. The number of methoxy groups -OCH3 is 3. The number of hydrogen-bond donors (Lipinski definition) is 4. The van der Waals surface area contributed by atoms with Gasteiger partial charge in [0.1, 0.15) is 51.9 Å². The van der Waals surface area contributed by atoms with Gasteiger partial charge in [-0.3, -0.25) is 9.59 Å². The van der Waals surface area contributed by atoms with Crippen molar-refractivity contribution in [3.05, 3.63) is 58.3 Å². The number of ether oxygens (including phenoxy) is 5. The number of benzene rings is 3. The Morgan fingerprint density at radius 3 is 1.98 bits per heavy atom. The number of phenolic OH excluding ortho intramolecular Hbond substituents is 4. The van der Waals surface area contributed by atoms with Crippen molar-refractivity contribution in [1.82, 2.24) is 0 Å². The Labute approximate surface area is 240 Å². The van der Waals surface area contributed by atoms with Crippen molar-refractivity contribution in [2.24, 2.45) is 0 Å². The quantitative estimate of drug-likeness (QED) is 0.191. The Kier molecular flexibility index (Phi) is 10.5. The van der Waals surface area contributed by atoms with E-state index in [1.165, 1.54) is 57.7 Å². The lowest BCUT2D eigenvalue weighted by Crippen LogP contribution is -2.10. The summed E-state index contributed by atoms with van der Waals surface area (Å²) in [7, 11) is 4.26. The molecule has 0 aliphatic heterocycles. The molecule has 0 bridgehead atoms. The average molecular weight is 585 g/mol. The van der Waals surface area contributed by atoms with Crippen LogP contribution in [0.1, 0.15) is 24.2 Å². The first-order chi connectivity index (χ1) is 20.1. The maximum absolute atomic E-state index is 12.9. The van der Waals surface area contributed by atoms with E-state index in [1.807, 2.05) is 0 Å². The summed E-state index contributed by atoms with van der Waals surface area (Å²) in [6, 6.07) is 9.90. The summed E-state index contributed by atoms with van der Waals surface area (Å²) in [6.45, 7) is 3.93. The van der Waals surface area contributed by atoms with Gasteiger partial charge in [0.05, 0.1) is 27.9 Å². The van der Waals surface area contributed by atoms with E-state index >= 15 is 0 Å². The van der Waals surface area contributed by atoms with Crippen LogP contribution in [0.5, 0.6) is 46.0 Å². The number of phenols is 4. The maximum atomic E-state index is 12.9. The smallest absolute Gasteiger partial charge is 0.239 e. The highest BCUT2D eigenvalue weighted by molar-refractivity contribution is 6.02. The molecule has 0 radical (unpaired) electrons. The molecule has 224 valence electrons. The predicted molar refractivity (Wildman–Crippen MR) is 153 cm³/mol. The maximum Gasteiger partial charge on any atom is 0.239 e. The molecular weight excluding hydrogens is 552 g/mol. The van der Waals surface area contributed by atoms with Crippen LogP contribution in [0.3, 0.4) is 0 Å². The third-order valence-corrected chi connectivity index (χ3v) is 5.89. The zero-order valence-electron chi connectivity index (χ0n) is 23.7. The topological polar surface area (TPSA) is 174 Å². The largest absolute Gasteiger partial charge is 0.507 e. The molecule has 0 saturated carbocycles. The van der Waals surface area contributed by atoms with Gasteiger partial charge in [-0.25, -0.2) is 0 Å². The Morgan fingerprint density at radius 2 is 1.40 bits per heavy atom. The third kappa shape index (κ3) is 6.78. The monoisotopic (exact) mass is 584 g/mol. The van der Waals surface area contributed by atoms with Gasteiger partial charge in [0.25, 0.3) is 0 Å². The van der Waals surface area contributed by atoms with Crippen molar-refractivity contribution < 1.29 is 53.3 Å². The second-order valence-electron chi connectivity index (χ2n) is 8.53. The average Bonchev–Trinajstić information content (AvgIpc) is 2.97. The molecule has 0 amide bonds. The van der Waals surface area contributed by atoms with Crippen molar-refractivity contribution in [3.8, 4) is 57.3 Å². The third-order valence-electron chi connectivity index (χ3n) is 5.89. The van der Waals surface area contributed by atoms with Crippen LogP contribution in [0.4, 0.5) is 0 Å². The van der Waals surface area contributed by atoms with Crippen LogP contribution in [-0.2, 0) is 4.74 Å². The van der Waals surface area contributed by atoms with Gasteiger partial charge in [0, 0.05) is 36.4 Å². The van der Waals surface area contributed by atoms with Crippen LogP contribution in [0.15, 0.2) is 51.7 Å². The molecule has 42 heavy (non-hydrogen) atoms. The molecular formula is C30H32O12. The fourth-order valence-corrected chi connectivity index (χ4v) is 3.92. The second kappa shape index (κ2) is 14.0. The first-order valence-corrected chi connectivity index (χ1v) is 12.7. The van der Waals surface area contributed by atoms with Crippen LogP contribution in [0, 0.1) is 0 Å². The lowest BCUT2D eigenvalue weighted by molar-refractivity contribution is 0.0777. The zero-order valence-corrected chi connectivity index (χ0v) is 23.7. The number of hydrogen-bond acceptors (Lipinski definition) is 12. The van der Waals surface area contributed by atoms with Crippen molar-refractivity contribution in [3.63, 3.8) is 0 Å². The number of Topliss-reactive ketones (excluding diaryl/α,β-unsaturated/α-hetero) is 1. The molecule has 0 aliphatic carbocycles. The standard InChI is InChI=1S/C19H18O7.C11H14O5/c1-4-25-19-17(22)16-13(21)8-11(23-2)9-15(16)26-18(19)10-5-6-12(20)14(7-10)24-3;1-3-16-6-10(14)11-8(12)4-7(15-2)5-9(11)13/h5-9,20-21H,4H2,1-3H3;4-5,12-13H,3,6H2,1-2H3. The zero-order chi connectivity index (χ0) is 31.0. The minimum atomic E-state index is -0.504. The van der Waals surface area contributed by atoms with E-state index in [2.05, 4.69) is 0 Å². The van der Waals surface area contributed by atoms with Gasteiger partial charge in [-0.2, -0.15) is 0 Å². The number of ketones is 1. The summed E-state index contributed by atoms with van der Waals surface area (Å²) < 4.78 is 31.3. The van der Waals surface area contributed by atoms with Gasteiger partial charge >= 0.3 is 0 Å². The van der Waals surface area contributed by atoms with Gasteiger partial charge in [0.2, 0.25) is 11.2 Å². The van der Waals surface area contributed by atoms with E-state index < -0.39 is 11.2 Å². The van der Waals surface area contributed by atoms with Gasteiger partial charge in [-0.1, -0.05) is 0 Å². The molecule has 0 atom stereocenters. The van der Waals surface area contributed by atoms with Gasteiger partial charge in [-0.15, -0.1) is 0 Å². The van der Waals surface area contributed by atoms with E-state index in [4.69, 9.17) is 28.1 Å². The fraction of sp³-hybridized carbons (Fsp3) is 0.267. The fourth-order valence-electron chi connectivity index (χ4n) is 3.92. The predicted octanol–water partition coefficient (Wildman–Crippen LogP) is 4.61. The Bertz CT molecular complexity index is 1600. The van der Waals surface area contributed by atoms with Crippen molar-refractivity contribution in [2.75, 3.05) is 41.2 Å². The lowest BCUT2D eigenvalue weighted by atomic mass is 10.1.